The predicted octanol–water partition coefficient (Wildman–Crippen LogP) is 5.07. The molecule has 96 valence electrons. The van der Waals surface area contributed by atoms with Crippen LogP contribution in [0.1, 0.15) is 5.82 Å². The van der Waals surface area contributed by atoms with E-state index in [1.54, 1.807) is 6.07 Å². The molecule has 0 atom stereocenters. The second-order valence-corrected chi connectivity index (χ2v) is 5.17. The molecule has 5 heteroatoms. The Labute approximate surface area is 125 Å². The van der Waals surface area contributed by atoms with Crippen LogP contribution in [0.4, 0.5) is 0 Å². The summed E-state index contributed by atoms with van der Waals surface area (Å²) >= 11 is 18.0. The number of para-hydroxylation sites is 2. The third-order valence-electron chi connectivity index (χ3n) is 2.91. The molecular formula is C14H9Cl3N2. The normalized spacial score (nSPS) is 11.1. The van der Waals surface area contributed by atoms with Gasteiger partial charge in [0.15, 0.2) is 0 Å². The lowest BCUT2D eigenvalue weighted by Gasteiger charge is -2.08. The smallest absolute Gasteiger partial charge is 0.129 e. The highest BCUT2D eigenvalue weighted by Crippen LogP contribution is 2.28. The van der Waals surface area contributed by atoms with Gasteiger partial charge in [-0.25, -0.2) is 4.98 Å². The van der Waals surface area contributed by atoms with E-state index in [0.717, 1.165) is 22.5 Å². The maximum Gasteiger partial charge on any atom is 0.129 e. The molecule has 2 nitrogen and oxygen atoms in total. The van der Waals surface area contributed by atoms with Crippen LogP contribution in [-0.4, -0.2) is 9.55 Å². The fourth-order valence-corrected chi connectivity index (χ4v) is 2.55. The molecule has 0 aliphatic rings. The maximum atomic E-state index is 6.08. The molecule has 3 rings (SSSR count). The van der Waals surface area contributed by atoms with E-state index in [0.29, 0.717) is 15.9 Å². The molecular weight excluding hydrogens is 303 g/mol. The summed E-state index contributed by atoms with van der Waals surface area (Å²) in [6, 6.07) is 13.4. The van der Waals surface area contributed by atoms with Crippen LogP contribution in [0.25, 0.3) is 16.7 Å². The van der Waals surface area contributed by atoms with Crippen LogP contribution in [0.5, 0.6) is 0 Å². The van der Waals surface area contributed by atoms with Crippen molar-refractivity contribution >= 4 is 45.8 Å². The van der Waals surface area contributed by atoms with Gasteiger partial charge < -0.3 is 0 Å². The van der Waals surface area contributed by atoms with Crippen molar-refractivity contribution in [3.8, 4) is 5.69 Å². The van der Waals surface area contributed by atoms with Gasteiger partial charge in [0.1, 0.15) is 5.82 Å². The zero-order valence-corrected chi connectivity index (χ0v) is 12.0. The number of imidazole rings is 1. The number of benzene rings is 2. The van der Waals surface area contributed by atoms with Crippen molar-refractivity contribution in [1.29, 1.82) is 0 Å². The van der Waals surface area contributed by atoms with E-state index in [1.165, 1.54) is 0 Å². The summed E-state index contributed by atoms with van der Waals surface area (Å²) in [5.74, 6) is 1.11. The molecule has 0 amide bonds. The first-order chi connectivity index (χ1) is 9.20. The summed E-state index contributed by atoms with van der Waals surface area (Å²) in [6.07, 6.45) is 0. The number of halogens is 3. The Balaban J connectivity index is 2.31. The molecule has 0 saturated heterocycles. The summed E-state index contributed by atoms with van der Waals surface area (Å²) < 4.78 is 1.99. The molecule has 19 heavy (non-hydrogen) atoms. The summed E-state index contributed by atoms with van der Waals surface area (Å²) in [4.78, 5) is 4.51. The number of hydrogen-bond acceptors (Lipinski definition) is 1. The first-order valence-electron chi connectivity index (χ1n) is 5.68. The van der Waals surface area contributed by atoms with Crippen LogP contribution in [0, 0.1) is 0 Å². The zero-order valence-electron chi connectivity index (χ0n) is 9.78. The quantitative estimate of drug-likeness (QED) is 0.604. The Kier molecular flexibility index (Phi) is 3.40. The highest BCUT2D eigenvalue weighted by molar-refractivity contribution is 6.42. The Bertz CT molecular complexity index is 750. The largest absolute Gasteiger partial charge is 0.295 e. The summed E-state index contributed by atoms with van der Waals surface area (Å²) in [6.45, 7) is 0. The summed E-state index contributed by atoms with van der Waals surface area (Å²) in [5, 5.41) is 1.04. The topological polar surface area (TPSA) is 17.8 Å². The minimum atomic E-state index is 0.328. The van der Waals surface area contributed by atoms with E-state index >= 15 is 0 Å². The highest BCUT2D eigenvalue weighted by Gasteiger charge is 2.12. The molecule has 0 aliphatic heterocycles. The molecule has 2 aromatic carbocycles. The minimum Gasteiger partial charge on any atom is -0.295 e. The molecule has 0 unspecified atom stereocenters. The van der Waals surface area contributed by atoms with Crippen molar-refractivity contribution in [3.63, 3.8) is 0 Å². The first kappa shape index (κ1) is 12.8. The standard InChI is InChI=1S/C14H9Cl3N2/c15-8-14-18-12-3-1-2-4-13(12)19(14)9-5-6-10(16)11(17)7-9/h1-7H,8H2. The number of aromatic nitrogens is 2. The minimum absolute atomic E-state index is 0.328. The molecule has 0 bridgehead atoms. The van der Waals surface area contributed by atoms with Gasteiger partial charge in [0.2, 0.25) is 0 Å². The summed E-state index contributed by atoms with van der Waals surface area (Å²) in [5.41, 5.74) is 2.81. The number of alkyl halides is 1. The molecule has 0 saturated carbocycles. The van der Waals surface area contributed by atoms with Crippen LogP contribution in [-0.2, 0) is 5.88 Å². The molecule has 0 fully saturated rings. The van der Waals surface area contributed by atoms with Gasteiger partial charge in [0, 0.05) is 5.69 Å². The summed E-state index contributed by atoms with van der Waals surface area (Å²) in [7, 11) is 0. The van der Waals surface area contributed by atoms with Crippen molar-refractivity contribution in [2.75, 3.05) is 0 Å². The third kappa shape index (κ3) is 2.20. The highest BCUT2D eigenvalue weighted by atomic mass is 35.5. The fraction of sp³-hybridized carbons (Fsp3) is 0.0714. The molecule has 1 aromatic heterocycles. The number of hydrogen-bond donors (Lipinski definition) is 0. The van der Waals surface area contributed by atoms with Gasteiger partial charge in [0.25, 0.3) is 0 Å². The second-order valence-electron chi connectivity index (χ2n) is 4.08. The number of rotatable bonds is 2. The average Bonchev–Trinajstić information content (AvgIpc) is 2.80. The van der Waals surface area contributed by atoms with Crippen LogP contribution >= 0.6 is 34.8 Å². The van der Waals surface area contributed by atoms with E-state index in [2.05, 4.69) is 4.98 Å². The molecule has 1 heterocycles. The molecule has 0 aliphatic carbocycles. The van der Waals surface area contributed by atoms with E-state index in [4.69, 9.17) is 34.8 Å². The molecule has 0 radical (unpaired) electrons. The van der Waals surface area contributed by atoms with E-state index < -0.39 is 0 Å². The van der Waals surface area contributed by atoms with Crippen LogP contribution in [0.2, 0.25) is 10.0 Å². The Morgan fingerprint density at radius 3 is 2.53 bits per heavy atom. The number of fused-ring (bicyclic) bond motifs is 1. The zero-order chi connectivity index (χ0) is 13.4. The van der Waals surface area contributed by atoms with Crippen LogP contribution in [0.3, 0.4) is 0 Å². The van der Waals surface area contributed by atoms with Crippen molar-refractivity contribution in [2.24, 2.45) is 0 Å². The van der Waals surface area contributed by atoms with Gasteiger partial charge in [-0.3, -0.25) is 4.57 Å². The van der Waals surface area contributed by atoms with Gasteiger partial charge in [-0.1, -0.05) is 35.3 Å². The van der Waals surface area contributed by atoms with E-state index in [-0.39, 0.29) is 0 Å². The van der Waals surface area contributed by atoms with Gasteiger partial charge in [-0.15, -0.1) is 11.6 Å². The Morgan fingerprint density at radius 2 is 1.79 bits per heavy atom. The van der Waals surface area contributed by atoms with Gasteiger partial charge in [0.05, 0.1) is 27.0 Å². The van der Waals surface area contributed by atoms with Crippen molar-refractivity contribution < 1.29 is 0 Å². The van der Waals surface area contributed by atoms with Crippen molar-refractivity contribution in [2.45, 2.75) is 5.88 Å². The average molecular weight is 312 g/mol. The van der Waals surface area contributed by atoms with Crippen molar-refractivity contribution in [3.05, 3.63) is 58.3 Å². The molecule has 0 spiro atoms. The van der Waals surface area contributed by atoms with Gasteiger partial charge in [-0.2, -0.15) is 0 Å². The maximum absolute atomic E-state index is 6.08. The van der Waals surface area contributed by atoms with Crippen LogP contribution in [0.15, 0.2) is 42.5 Å². The lowest BCUT2D eigenvalue weighted by Crippen LogP contribution is -1.99. The van der Waals surface area contributed by atoms with Crippen molar-refractivity contribution in [1.82, 2.24) is 9.55 Å². The van der Waals surface area contributed by atoms with Gasteiger partial charge in [-0.05, 0) is 30.3 Å². The van der Waals surface area contributed by atoms with E-state index in [1.807, 2.05) is 41.0 Å². The lowest BCUT2D eigenvalue weighted by molar-refractivity contribution is 0.982. The number of nitrogens with zero attached hydrogens (tertiary/aromatic N) is 2. The van der Waals surface area contributed by atoms with Gasteiger partial charge >= 0.3 is 0 Å². The first-order valence-corrected chi connectivity index (χ1v) is 6.97. The fourth-order valence-electron chi connectivity index (χ4n) is 2.08. The molecule has 3 aromatic rings. The third-order valence-corrected chi connectivity index (χ3v) is 3.89. The van der Waals surface area contributed by atoms with E-state index in [9.17, 15) is 0 Å². The second kappa shape index (κ2) is 5.04. The lowest BCUT2D eigenvalue weighted by atomic mass is 10.3. The molecule has 0 N–H and O–H groups in total. The van der Waals surface area contributed by atoms with Crippen LogP contribution < -0.4 is 0 Å². The Morgan fingerprint density at radius 1 is 1.00 bits per heavy atom. The SMILES string of the molecule is ClCc1nc2ccccc2n1-c1ccc(Cl)c(Cl)c1. The predicted molar refractivity (Wildman–Crippen MR) is 80.6 cm³/mol. The Hall–Kier alpha value is -1.22. The monoisotopic (exact) mass is 310 g/mol.